The minimum atomic E-state index is -1.53. The fourth-order valence-electron chi connectivity index (χ4n) is 2.68. The van der Waals surface area contributed by atoms with Gasteiger partial charge in [-0.2, -0.15) is 0 Å². The third-order valence-electron chi connectivity index (χ3n) is 4.03. The summed E-state index contributed by atoms with van der Waals surface area (Å²) in [5, 5.41) is 24.0. The number of carbonyl (C=O) groups excluding carboxylic acids is 1. The highest BCUT2D eigenvalue weighted by atomic mass is 16.4. The second-order valence-corrected chi connectivity index (χ2v) is 6.29. The number of carboxylic acid groups (broad SMARTS) is 1. The molecule has 0 spiro atoms. The fourth-order valence-corrected chi connectivity index (χ4v) is 2.68. The van der Waals surface area contributed by atoms with E-state index >= 15 is 0 Å². The number of anilines is 1. The van der Waals surface area contributed by atoms with Crippen molar-refractivity contribution in [3.05, 3.63) is 75.7 Å². The van der Waals surface area contributed by atoms with Crippen molar-refractivity contribution in [1.29, 1.82) is 0 Å². The first-order valence-electron chi connectivity index (χ1n) is 8.61. The molecule has 3 aromatic rings. The molecule has 0 aliphatic rings. The normalized spacial score (nSPS) is 10.4. The van der Waals surface area contributed by atoms with E-state index in [2.05, 4.69) is 20.6 Å². The van der Waals surface area contributed by atoms with E-state index in [-0.39, 0.29) is 5.82 Å². The second kappa shape index (κ2) is 8.26. The van der Waals surface area contributed by atoms with Gasteiger partial charge in [-0.25, -0.2) is 14.6 Å². The molecule has 0 aliphatic carbocycles. The molecule has 5 N–H and O–H groups in total. The molecule has 0 saturated heterocycles. The van der Waals surface area contributed by atoms with Crippen molar-refractivity contribution < 1.29 is 19.8 Å². The number of rotatable bonds is 5. The number of nitrogens with one attached hydrogen (secondary N) is 3. The van der Waals surface area contributed by atoms with Gasteiger partial charge in [0.1, 0.15) is 5.82 Å². The molecule has 9 heteroatoms. The Kier molecular flexibility index (Phi) is 5.59. The standard InChI is InChI=1S/C20H18N4O5/c1-11-4-2-5-12(8-11)10-21-20(29)22-14-7-3-6-13(9-14)17-23-15(19(27)28)16(25)18(26)24-17/h2-9,25H,10H2,1H3,(H,27,28)(H2,21,22,29)(H,23,24,26). The minimum absolute atomic E-state index is 0.0472. The number of H-pyrrole nitrogens is 1. The topological polar surface area (TPSA) is 144 Å². The molecule has 3 rings (SSSR count). The lowest BCUT2D eigenvalue weighted by Crippen LogP contribution is -2.28. The van der Waals surface area contributed by atoms with E-state index in [1.54, 1.807) is 18.2 Å². The number of carboxylic acids is 1. The first-order chi connectivity index (χ1) is 13.8. The number of hydrogen-bond acceptors (Lipinski definition) is 5. The van der Waals surface area contributed by atoms with Gasteiger partial charge in [-0.3, -0.25) is 4.79 Å². The summed E-state index contributed by atoms with van der Waals surface area (Å²) in [4.78, 5) is 41.1. The van der Waals surface area contributed by atoms with Crippen LogP contribution < -0.4 is 16.2 Å². The van der Waals surface area contributed by atoms with Gasteiger partial charge in [0.2, 0.25) is 5.75 Å². The van der Waals surface area contributed by atoms with E-state index in [1.165, 1.54) is 6.07 Å². The largest absolute Gasteiger partial charge is 0.501 e. The molecule has 0 unspecified atom stereocenters. The van der Waals surface area contributed by atoms with Gasteiger partial charge in [0.05, 0.1) is 0 Å². The van der Waals surface area contributed by atoms with Crippen LogP contribution in [-0.4, -0.2) is 32.2 Å². The quantitative estimate of drug-likeness (QED) is 0.450. The van der Waals surface area contributed by atoms with E-state index in [4.69, 9.17) is 5.11 Å². The van der Waals surface area contributed by atoms with Crippen LogP contribution in [0.15, 0.2) is 53.3 Å². The molecule has 0 fully saturated rings. The number of carbonyl (C=O) groups is 2. The van der Waals surface area contributed by atoms with Gasteiger partial charge in [0.15, 0.2) is 5.69 Å². The molecular weight excluding hydrogens is 376 g/mol. The van der Waals surface area contributed by atoms with Crippen molar-refractivity contribution in [3.63, 3.8) is 0 Å². The zero-order chi connectivity index (χ0) is 21.0. The summed E-state index contributed by atoms with van der Waals surface area (Å²) in [6, 6.07) is 13.7. The SMILES string of the molecule is Cc1cccc(CNC(=O)Nc2cccc(-c3nc(C(=O)O)c(O)c(=O)[nH]3)c2)c1. The van der Waals surface area contributed by atoms with Crippen molar-refractivity contribution in [1.82, 2.24) is 15.3 Å². The van der Waals surface area contributed by atoms with Crippen molar-refractivity contribution in [2.75, 3.05) is 5.32 Å². The van der Waals surface area contributed by atoms with Crippen molar-refractivity contribution in [2.45, 2.75) is 13.5 Å². The number of hydrogen-bond donors (Lipinski definition) is 5. The molecule has 2 aromatic carbocycles. The Labute approximate surface area is 165 Å². The van der Waals surface area contributed by atoms with Gasteiger partial charge in [-0.05, 0) is 24.6 Å². The van der Waals surface area contributed by atoms with Gasteiger partial charge in [-0.15, -0.1) is 0 Å². The molecule has 29 heavy (non-hydrogen) atoms. The van der Waals surface area contributed by atoms with Crippen LogP contribution >= 0.6 is 0 Å². The highest BCUT2D eigenvalue weighted by Gasteiger charge is 2.17. The van der Waals surface area contributed by atoms with Crippen molar-refractivity contribution in [3.8, 4) is 17.1 Å². The summed E-state index contributed by atoms with van der Waals surface area (Å²) in [6.07, 6.45) is 0. The number of aryl methyl sites for hydroxylation is 1. The molecular formula is C20H18N4O5. The summed E-state index contributed by atoms with van der Waals surface area (Å²) in [7, 11) is 0. The minimum Gasteiger partial charge on any atom is -0.501 e. The van der Waals surface area contributed by atoms with Crippen LogP contribution in [-0.2, 0) is 6.54 Å². The van der Waals surface area contributed by atoms with Crippen LogP contribution in [0.25, 0.3) is 11.4 Å². The van der Waals surface area contributed by atoms with E-state index in [1.807, 2.05) is 31.2 Å². The Morgan fingerprint density at radius 2 is 1.90 bits per heavy atom. The Bertz CT molecular complexity index is 1140. The number of aromatic hydroxyl groups is 1. The highest BCUT2D eigenvalue weighted by Crippen LogP contribution is 2.20. The molecule has 148 valence electrons. The smallest absolute Gasteiger partial charge is 0.358 e. The third kappa shape index (κ3) is 4.78. The first-order valence-corrected chi connectivity index (χ1v) is 8.61. The molecule has 0 saturated carbocycles. The van der Waals surface area contributed by atoms with Crippen molar-refractivity contribution >= 4 is 17.7 Å². The van der Waals surface area contributed by atoms with Gasteiger partial charge in [0.25, 0.3) is 5.56 Å². The van der Waals surface area contributed by atoms with Crippen LogP contribution in [0.1, 0.15) is 21.6 Å². The molecule has 9 nitrogen and oxygen atoms in total. The maximum atomic E-state index is 12.2. The average Bonchev–Trinajstić information content (AvgIpc) is 2.68. The predicted octanol–water partition coefficient (Wildman–Crippen LogP) is 2.47. The third-order valence-corrected chi connectivity index (χ3v) is 4.03. The average molecular weight is 394 g/mol. The second-order valence-electron chi connectivity index (χ2n) is 6.29. The van der Waals surface area contributed by atoms with E-state index in [0.29, 0.717) is 17.8 Å². The Morgan fingerprint density at radius 1 is 1.14 bits per heavy atom. The number of aromatic amines is 1. The van der Waals surface area contributed by atoms with Gasteiger partial charge in [-0.1, -0.05) is 42.0 Å². The fraction of sp³-hybridized carbons (Fsp3) is 0.100. The van der Waals surface area contributed by atoms with Gasteiger partial charge >= 0.3 is 12.0 Å². The molecule has 2 amide bonds. The summed E-state index contributed by atoms with van der Waals surface area (Å²) < 4.78 is 0. The summed E-state index contributed by atoms with van der Waals surface area (Å²) >= 11 is 0. The van der Waals surface area contributed by atoms with E-state index < -0.39 is 29.0 Å². The predicted molar refractivity (Wildman–Crippen MR) is 106 cm³/mol. The van der Waals surface area contributed by atoms with Crippen LogP contribution in [0.4, 0.5) is 10.5 Å². The number of benzene rings is 2. The first kappa shape index (κ1) is 19.6. The molecule has 0 radical (unpaired) electrons. The van der Waals surface area contributed by atoms with E-state index in [0.717, 1.165) is 11.1 Å². The maximum absolute atomic E-state index is 12.2. The molecule has 0 bridgehead atoms. The Balaban J connectivity index is 1.75. The van der Waals surface area contributed by atoms with Crippen molar-refractivity contribution in [2.24, 2.45) is 0 Å². The number of urea groups is 1. The monoisotopic (exact) mass is 394 g/mol. The summed E-state index contributed by atoms with van der Waals surface area (Å²) in [5.41, 5.74) is 1.10. The van der Waals surface area contributed by atoms with Crippen LogP contribution in [0.5, 0.6) is 5.75 Å². The molecule has 0 atom stereocenters. The summed E-state index contributed by atoms with van der Waals surface area (Å²) in [5.74, 6) is -2.54. The highest BCUT2D eigenvalue weighted by molar-refractivity contribution is 5.90. The molecule has 0 aliphatic heterocycles. The molecule has 1 heterocycles. The summed E-state index contributed by atoms with van der Waals surface area (Å²) in [6.45, 7) is 2.31. The Hall–Kier alpha value is -4.14. The lowest BCUT2D eigenvalue weighted by atomic mass is 10.1. The molecule has 1 aromatic heterocycles. The number of aromatic carboxylic acids is 1. The number of nitrogens with zero attached hydrogens (tertiary/aromatic N) is 1. The van der Waals surface area contributed by atoms with Crippen LogP contribution in [0.3, 0.4) is 0 Å². The van der Waals surface area contributed by atoms with Gasteiger partial charge in [0, 0.05) is 17.8 Å². The number of aromatic nitrogens is 2. The van der Waals surface area contributed by atoms with Gasteiger partial charge < -0.3 is 25.8 Å². The zero-order valence-electron chi connectivity index (χ0n) is 15.4. The maximum Gasteiger partial charge on any atom is 0.358 e. The van der Waals surface area contributed by atoms with Crippen LogP contribution in [0, 0.1) is 6.92 Å². The zero-order valence-corrected chi connectivity index (χ0v) is 15.4. The van der Waals surface area contributed by atoms with E-state index in [9.17, 15) is 19.5 Å². The van der Waals surface area contributed by atoms with Crippen LogP contribution in [0.2, 0.25) is 0 Å². The lowest BCUT2D eigenvalue weighted by Gasteiger charge is -2.10. The number of amides is 2. The Morgan fingerprint density at radius 3 is 2.62 bits per heavy atom. The lowest BCUT2D eigenvalue weighted by molar-refractivity contribution is 0.0686.